The molecule has 0 saturated heterocycles. The Kier molecular flexibility index (Phi) is 7.09. The lowest BCUT2D eigenvalue weighted by Crippen LogP contribution is -2.36. The molecule has 1 saturated carbocycles. The summed E-state index contributed by atoms with van der Waals surface area (Å²) in [6.45, 7) is 5.99. The molecule has 5 nitrogen and oxygen atoms in total. The Morgan fingerprint density at radius 3 is 2.29 bits per heavy atom. The first-order chi connectivity index (χ1) is 13.5. The topological polar surface area (TPSA) is 66.9 Å². The monoisotopic (exact) mass is 396 g/mol. The number of hydrogen-bond donors (Lipinski definition) is 2. The van der Waals surface area contributed by atoms with E-state index in [2.05, 4.69) is 20.8 Å². The van der Waals surface area contributed by atoms with Crippen molar-refractivity contribution in [3.05, 3.63) is 64.1 Å². The van der Waals surface area contributed by atoms with Crippen molar-refractivity contribution in [1.29, 1.82) is 0 Å². The van der Waals surface area contributed by atoms with Gasteiger partial charge in [0.05, 0.1) is 0 Å². The van der Waals surface area contributed by atoms with E-state index in [4.69, 9.17) is 0 Å². The Morgan fingerprint density at radius 2 is 1.64 bits per heavy atom. The molecule has 1 aliphatic rings. The number of rotatable bonds is 6. The van der Waals surface area contributed by atoms with Crippen molar-refractivity contribution in [2.24, 2.45) is 0 Å². The molecule has 1 aliphatic carbocycles. The van der Waals surface area contributed by atoms with Crippen molar-refractivity contribution >= 4 is 17.7 Å². The van der Waals surface area contributed by atoms with E-state index in [9.17, 15) is 4.79 Å². The number of thioether (sulfide) groups is 1. The number of aryl methyl sites for hydroxylation is 2. The standard InChI is InChI=1S/C22H28N4OS/c1-15-13-16(2)24-22(23-15)28-14-18-9-11-20(12-10-18)21(27)26-25-17(3)19-7-5-4-6-8-19/h9-13,25H,4-8,14H2,1-3H3,(H,26,27). The van der Waals surface area contributed by atoms with E-state index in [-0.39, 0.29) is 5.91 Å². The zero-order chi connectivity index (χ0) is 19.9. The van der Waals surface area contributed by atoms with Gasteiger partial charge >= 0.3 is 0 Å². The summed E-state index contributed by atoms with van der Waals surface area (Å²) in [6.07, 6.45) is 6.06. The fraction of sp³-hybridized carbons (Fsp3) is 0.409. The second-order valence-electron chi connectivity index (χ2n) is 7.29. The third-order valence-corrected chi connectivity index (χ3v) is 5.82. The molecule has 28 heavy (non-hydrogen) atoms. The van der Waals surface area contributed by atoms with E-state index < -0.39 is 0 Å². The van der Waals surface area contributed by atoms with Gasteiger partial charge in [-0.15, -0.1) is 0 Å². The molecule has 0 atom stereocenters. The van der Waals surface area contributed by atoms with Gasteiger partial charge in [0, 0.05) is 28.4 Å². The summed E-state index contributed by atoms with van der Waals surface area (Å²) >= 11 is 1.60. The molecular formula is C22H28N4OS. The van der Waals surface area contributed by atoms with Crippen molar-refractivity contribution in [1.82, 2.24) is 20.8 Å². The second kappa shape index (κ2) is 9.73. The van der Waals surface area contributed by atoms with Crippen LogP contribution in [0.2, 0.25) is 0 Å². The van der Waals surface area contributed by atoms with Crippen LogP contribution >= 0.6 is 11.8 Å². The van der Waals surface area contributed by atoms with Crippen molar-refractivity contribution in [3.63, 3.8) is 0 Å². The second-order valence-corrected chi connectivity index (χ2v) is 8.23. The molecule has 0 bridgehead atoms. The molecule has 1 fully saturated rings. The minimum atomic E-state index is -0.118. The van der Waals surface area contributed by atoms with Gasteiger partial charge in [0.15, 0.2) is 5.16 Å². The predicted octanol–water partition coefficient (Wildman–Crippen LogP) is 4.86. The first kappa shape index (κ1) is 20.4. The van der Waals surface area contributed by atoms with Gasteiger partial charge in [-0.25, -0.2) is 9.97 Å². The Labute approximate surface area is 171 Å². The largest absolute Gasteiger partial charge is 0.303 e. The maximum absolute atomic E-state index is 12.4. The van der Waals surface area contributed by atoms with Crippen molar-refractivity contribution in [2.75, 3.05) is 0 Å². The fourth-order valence-electron chi connectivity index (χ4n) is 3.32. The molecule has 0 radical (unpaired) electrons. The van der Waals surface area contributed by atoms with Crippen molar-refractivity contribution in [2.45, 2.75) is 63.8 Å². The molecule has 6 heteroatoms. The number of nitrogens with one attached hydrogen (secondary N) is 2. The lowest BCUT2D eigenvalue weighted by Gasteiger charge is -2.18. The third-order valence-electron chi connectivity index (χ3n) is 4.90. The van der Waals surface area contributed by atoms with Crippen LogP contribution in [0.25, 0.3) is 0 Å². The SMILES string of the molecule is CC(NNC(=O)c1ccc(CSc2nc(C)cc(C)n2)cc1)=C1CCCCC1. The van der Waals surface area contributed by atoms with Gasteiger partial charge in [-0.3, -0.25) is 10.2 Å². The van der Waals surface area contributed by atoms with Crippen LogP contribution in [0.1, 0.15) is 66.3 Å². The van der Waals surface area contributed by atoms with Crippen LogP contribution in [0, 0.1) is 13.8 Å². The number of carbonyl (C=O) groups excluding carboxylic acids is 1. The molecule has 2 aromatic rings. The lowest BCUT2D eigenvalue weighted by atomic mass is 9.94. The zero-order valence-electron chi connectivity index (χ0n) is 16.8. The third kappa shape index (κ3) is 5.83. The van der Waals surface area contributed by atoms with Crippen LogP contribution in [-0.2, 0) is 5.75 Å². The number of hydrogen-bond acceptors (Lipinski definition) is 5. The van der Waals surface area contributed by atoms with Crippen LogP contribution in [0.15, 0.2) is 46.8 Å². The van der Waals surface area contributed by atoms with E-state index >= 15 is 0 Å². The smallest absolute Gasteiger partial charge is 0.269 e. The summed E-state index contributed by atoms with van der Waals surface area (Å²) < 4.78 is 0. The van der Waals surface area contributed by atoms with Crippen molar-refractivity contribution in [3.8, 4) is 0 Å². The Hall–Kier alpha value is -2.34. The molecule has 1 amide bonds. The highest BCUT2D eigenvalue weighted by molar-refractivity contribution is 7.98. The van der Waals surface area contributed by atoms with Crippen LogP contribution < -0.4 is 10.9 Å². The Bertz CT molecular complexity index is 833. The highest BCUT2D eigenvalue weighted by Gasteiger charge is 2.10. The summed E-state index contributed by atoms with van der Waals surface area (Å²) in [5, 5.41) is 0.787. The van der Waals surface area contributed by atoms with Gasteiger partial charge in [-0.05, 0) is 75.8 Å². The molecule has 0 unspecified atom stereocenters. The van der Waals surface area contributed by atoms with Crippen molar-refractivity contribution < 1.29 is 4.79 Å². The minimum Gasteiger partial charge on any atom is -0.303 e. The van der Waals surface area contributed by atoms with Gasteiger partial charge in [0.2, 0.25) is 0 Å². The maximum atomic E-state index is 12.4. The summed E-state index contributed by atoms with van der Waals surface area (Å²) in [5.74, 6) is 0.654. The van der Waals surface area contributed by atoms with Crippen LogP contribution in [0.4, 0.5) is 0 Å². The lowest BCUT2D eigenvalue weighted by molar-refractivity contribution is 0.0938. The summed E-state index contributed by atoms with van der Waals surface area (Å²) in [6, 6.07) is 9.65. The molecule has 148 valence electrons. The molecule has 1 aromatic heterocycles. The number of benzene rings is 1. The number of hydrazine groups is 1. The van der Waals surface area contributed by atoms with Gasteiger partial charge in [0.25, 0.3) is 5.91 Å². The van der Waals surface area contributed by atoms with E-state index in [0.29, 0.717) is 5.56 Å². The van der Waals surface area contributed by atoms with Gasteiger partial charge in [0.1, 0.15) is 0 Å². The average Bonchev–Trinajstić information content (AvgIpc) is 2.70. The molecule has 1 aromatic carbocycles. The number of nitrogens with zero attached hydrogens (tertiary/aromatic N) is 2. The molecular weight excluding hydrogens is 368 g/mol. The van der Waals surface area contributed by atoms with Crippen LogP contribution in [0.3, 0.4) is 0 Å². The predicted molar refractivity (Wildman–Crippen MR) is 114 cm³/mol. The van der Waals surface area contributed by atoms with Crippen LogP contribution in [0.5, 0.6) is 0 Å². The first-order valence-corrected chi connectivity index (χ1v) is 10.8. The molecule has 0 spiro atoms. The highest BCUT2D eigenvalue weighted by Crippen LogP contribution is 2.24. The van der Waals surface area contributed by atoms with Gasteiger partial charge < -0.3 is 5.43 Å². The Morgan fingerprint density at radius 1 is 1.00 bits per heavy atom. The molecule has 0 aliphatic heterocycles. The number of carbonyl (C=O) groups is 1. The highest BCUT2D eigenvalue weighted by atomic mass is 32.2. The number of allylic oxidation sites excluding steroid dienone is 2. The quantitative estimate of drug-likeness (QED) is 0.415. The van der Waals surface area contributed by atoms with E-state index in [0.717, 1.165) is 46.4 Å². The minimum absolute atomic E-state index is 0.118. The molecule has 2 N–H and O–H groups in total. The normalized spacial score (nSPS) is 13.9. The summed E-state index contributed by atoms with van der Waals surface area (Å²) in [7, 11) is 0. The van der Waals surface area contributed by atoms with E-state index in [1.165, 1.54) is 24.8 Å². The molecule has 3 rings (SSSR count). The fourth-order valence-corrected chi connectivity index (χ4v) is 4.23. The average molecular weight is 397 g/mol. The maximum Gasteiger partial charge on any atom is 0.269 e. The van der Waals surface area contributed by atoms with Gasteiger partial charge in [-0.2, -0.15) is 0 Å². The number of aromatic nitrogens is 2. The first-order valence-electron chi connectivity index (χ1n) is 9.80. The summed E-state index contributed by atoms with van der Waals surface area (Å²) in [4.78, 5) is 21.3. The number of amides is 1. The Balaban J connectivity index is 1.52. The molecule has 1 heterocycles. The van der Waals surface area contributed by atoms with E-state index in [1.54, 1.807) is 11.8 Å². The van der Waals surface area contributed by atoms with E-state index in [1.807, 2.05) is 51.1 Å². The summed E-state index contributed by atoms with van der Waals surface area (Å²) in [5.41, 5.74) is 12.1. The zero-order valence-corrected chi connectivity index (χ0v) is 17.7. The van der Waals surface area contributed by atoms with Crippen LogP contribution in [-0.4, -0.2) is 15.9 Å². The van der Waals surface area contributed by atoms with Gasteiger partial charge in [-0.1, -0.05) is 30.3 Å².